The van der Waals surface area contributed by atoms with Crippen molar-refractivity contribution >= 4 is 35.0 Å². The molecule has 12 nitrogen and oxygen atoms in total. The molecular formula is C41H64N6O6S. The lowest BCUT2D eigenvalue weighted by atomic mass is 9.89. The number of rotatable bonds is 19. The third kappa shape index (κ3) is 10.5. The van der Waals surface area contributed by atoms with Crippen molar-refractivity contribution in [2.45, 2.75) is 128 Å². The fraction of sp³-hybridized carbons (Fsp3) is 0.683. The van der Waals surface area contributed by atoms with Crippen LogP contribution in [0.1, 0.15) is 96.7 Å². The highest BCUT2D eigenvalue weighted by Gasteiger charge is 2.44. The molecule has 0 aliphatic carbocycles. The summed E-state index contributed by atoms with van der Waals surface area (Å²) in [6, 6.07) is 8.26. The van der Waals surface area contributed by atoms with Crippen molar-refractivity contribution in [2.75, 3.05) is 34.4 Å². The van der Waals surface area contributed by atoms with Crippen molar-refractivity contribution in [1.82, 2.24) is 30.7 Å². The van der Waals surface area contributed by atoms with Crippen molar-refractivity contribution < 1.29 is 28.7 Å². The number of benzene rings is 1. The number of ether oxygens (including phenoxy) is 2. The van der Waals surface area contributed by atoms with Gasteiger partial charge in [-0.3, -0.25) is 19.2 Å². The van der Waals surface area contributed by atoms with E-state index in [9.17, 15) is 19.2 Å². The van der Waals surface area contributed by atoms with Crippen LogP contribution in [0, 0.1) is 17.8 Å². The fourth-order valence-electron chi connectivity index (χ4n) is 8.19. The Morgan fingerprint density at radius 1 is 1.07 bits per heavy atom. The van der Waals surface area contributed by atoms with E-state index in [-0.39, 0.29) is 54.0 Å². The van der Waals surface area contributed by atoms with Gasteiger partial charge in [-0.2, -0.15) is 0 Å². The van der Waals surface area contributed by atoms with Gasteiger partial charge in [0.25, 0.3) is 0 Å². The number of thiazole rings is 1. The van der Waals surface area contributed by atoms with Crippen molar-refractivity contribution in [3.05, 3.63) is 52.5 Å². The van der Waals surface area contributed by atoms with Crippen LogP contribution in [-0.2, 0) is 35.1 Å². The molecule has 0 bridgehead atoms. The number of nitrogens with one attached hydrogen (secondary N) is 3. The molecule has 0 radical (unpaired) electrons. The van der Waals surface area contributed by atoms with E-state index in [0.29, 0.717) is 25.8 Å². The maximum atomic E-state index is 14.3. The summed E-state index contributed by atoms with van der Waals surface area (Å²) in [6.45, 7) is 13.0. The van der Waals surface area contributed by atoms with Crippen LogP contribution in [0.2, 0.25) is 0 Å². The summed E-state index contributed by atoms with van der Waals surface area (Å²) in [5, 5.41) is 12.3. The van der Waals surface area contributed by atoms with E-state index in [1.165, 1.54) is 11.3 Å². The predicted octanol–water partition coefficient (Wildman–Crippen LogP) is 4.75. The summed E-state index contributed by atoms with van der Waals surface area (Å²) in [4.78, 5) is 63.8. The van der Waals surface area contributed by atoms with Crippen LogP contribution in [-0.4, -0.2) is 109 Å². The number of carbonyl (C=O) groups excluding carboxylic acids is 4. The van der Waals surface area contributed by atoms with Gasteiger partial charge in [0, 0.05) is 39.4 Å². The summed E-state index contributed by atoms with van der Waals surface area (Å²) in [6.07, 6.45) is 5.14. The Kier molecular flexibility index (Phi) is 16.0. The van der Waals surface area contributed by atoms with Crippen molar-refractivity contribution in [1.29, 1.82) is 0 Å². The predicted molar refractivity (Wildman–Crippen MR) is 212 cm³/mol. The van der Waals surface area contributed by atoms with Crippen molar-refractivity contribution in [2.24, 2.45) is 17.8 Å². The zero-order chi connectivity index (χ0) is 39.6. The summed E-state index contributed by atoms with van der Waals surface area (Å²) in [5.41, 5.74) is 0.386. The van der Waals surface area contributed by atoms with Crippen molar-refractivity contribution in [3.63, 3.8) is 0 Å². The van der Waals surface area contributed by atoms with Gasteiger partial charge in [0.05, 0.1) is 48.2 Å². The number of likely N-dealkylation sites (tertiary alicyclic amines) is 1. The van der Waals surface area contributed by atoms with E-state index in [4.69, 9.17) is 9.47 Å². The Hall–Kier alpha value is -3.39. The summed E-state index contributed by atoms with van der Waals surface area (Å²) in [5.74, 6) is -1.35. The number of hydrogen-bond donors (Lipinski definition) is 3. The van der Waals surface area contributed by atoms with E-state index in [0.717, 1.165) is 36.4 Å². The lowest BCUT2D eigenvalue weighted by molar-refractivity contribution is -0.148. The van der Waals surface area contributed by atoms with Crippen molar-refractivity contribution in [3.8, 4) is 0 Å². The number of nitrogens with zero attached hydrogens (tertiary/aromatic N) is 3. The number of amides is 4. The second-order valence-corrected chi connectivity index (χ2v) is 16.7. The summed E-state index contributed by atoms with van der Waals surface area (Å²) < 4.78 is 12.1. The first-order chi connectivity index (χ1) is 25.8. The lowest BCUT2D eigenvalue weighted by Gasteiger charge is -2.41. The molecule has 2 saturated heterocycles. The minimum atomic E-state index is -0.734. The van der Waals surface area contributed by atoms with Gasteiger partial charge in [0.1, 0.15) is 11.0 Å². The Balaban J connectivity index is 1.47. The molecule has 2 aliphatic rings. The van der Waals surface area contributed by atoms with Crippen LogP contribution >= 0.6 is 11.3 Å². The van der Waals surface area contributed by atoms with Crippen LogP contribution in [0.5, 0.6) is 0 Å². The molecule has 54 heavy (non-hydrogen) atoms. The van der Waals surface area contributed by atoms with Crippen LogP contribution < -0.4 is 16.0 Å². The molecule has 4 amide bonds. The van der Waals surface area contributed by atoms with E-state index in [2.05, 4.69) is 34.8 Å². The van der Waals surface area contributed by atoms with Gasteiger partial charge in [-0.05, 0) is 63.0 Å². The second kappa shape index (κ2) is 20.0. The van der Waals surface area contributed by atoms with Gasteiger partial charge in [-0.15, -0.1) is 11.3 Å². The molecule has 1 aromatic carbocycles. The van der Waals surface area contributed by atoms with Crippen LogP contribution in [0.3, 0.4) is 0 Å². The molecule has 0 saturated carbocycles. The molecule has 9 atom stereocenters. The van der Waals surface area contributed by atoms with E-state index >= 15 is 0 Å². The molecular weight excluding hydrogens is 705 g/mol. The third-order valence-corrected chi connectivity index (χ3v) is 12.6. The molecule has 0 spiro atoms. The normalized spacial score (nSPS) is 22.6. The lowest BCUT2D eigenvalue weighted by Crippen LogP contribution is -2.61. The monoisotopic (exact) mass is 768 g/mol. The third-order valence-electron chi connectivity index (χ3n) is 11.7. The van der Waals surface area contributed by atoms with Crippen LogP contribution in [0.4, 0.5) is 0 Å². The highest BCUT2D eigenvalue weighted by Crippen LogP contribution is 2.31. The Bertz CT molecular complexity index is 1500. The molecule has 1 unspecified atom stereocenters. The molecule has 3 heterocycles. The second-order valence-electron chi connectivity index (χ2n) is 15.8. The number of carbonyl (C=O) groups is 4. The minimum Gasteiger partial charge on any atom is -0.379 e. The average Bonchev–Trinajstić information content (AvgIpc) is 3.97. The molecule has 2 aromatic rings. The minimum absolute atomic E-state index is 0.000661. The van der Waals surface area contributed by atoms with E-state index < -0.39 is 35.7 Å². The maximum absolute atomic E-state index is 14.3. The molecule has 3 N–H and O–H groups in total. The van der Waals surface area contributed by atoms with Gasteiger partial charge in [0.15, 0.2) is 0 Å². The quantitative estimate of drug-likeness (QED) is 0.186. The number of methoxy groups -OCH3 is 2. The molecule has 1 aromatic heterocycles. The summed E-state index contributed by atoms with van der Waals surface area (Å²) in [7, 11) is 4.94. The van der Waals surface area contributed by atoms with Gasteiger partial charge in [-0.25, -0.2) is 4.98 Å². The first kappa shape index (κ1) is 43.3. The molecule has 13 heteroatoms. The number of likely N-dealkylation sites (N-methyl/N-ethyl adjacent to an activating group) is 1. The molecule has 300 valence electrons. The molecule has 2 fully saturated rings. The average molecular weight is 769 g/mol. The SMILES string of the molecule is CC[C@H](C)[C@@H](C(CC(=O)N1CCC[C@H]1[C@H](OC)[C@@H](C)C(=O)N[C@@H](Cc1ccccc1)c1nccs1)OC)N(C)C(=O)[C@@H](NC(=O)[C@]1(C)CCCN1)C(C)C. The Morgan fingerprint density at radius 2 is 1.80 bits per heavy atom. The first-order valence-corrected chi connectivity index (χ1v) is 20.6. The maximum Gasteiger partial charge on any atom is 0.245 e. The molecule has 2 aliphatic heterocycles. The van der Waals surface area contributed by atoms with Crippen LogP contribution in [0.15, 0.2) is 41.9 Å². The number of hydrogen-bond acceptors (Lipinski definition) is 9. The Labute approximate surface area is 326 Å². The topological polar surface area (TPSA) is 142 Å². The standard InChI is InChI=1S/C41H64N6O6S/c1-10-27(4)35(46(7)39(50)34(26(2)3)45-40(51)41(6)19-15-20-43-41)32(52-8)25-33(48)47-22-14-18-31(47)36(53-9)28(5)37(49)44-30(38-42-21-23-54-38)24-29-16-12-11-13-17-29/h11-13,16-17,21,23,26-28,30-32,34-36,43H,10,14-15,18-20,22,24-25H2,1-9H3,(H,44,49)(H,45,51)/t27-,28+,30-,31-,32?,34-,35-,36+,41-/m0/s1. The van der Waals surface area contributed by atoms with Gasteiger partial charge >= 0.3 is 0 Å². The van der Waals surface area contributed by atoms with E-state index in [1.807, 2.05) is 68.3 Å². The smallest absolute Gasteiger partial charge is 0.245 e. The fourth-order valence-corrected chi connectivity index (χ4v) is 8.88. The van der Waals surface area contributed by atoms with Gasteiger partial charge in [0.2, 0.25) is 23.6 Å². The molecule has 4 rings (SSSR count). The first-order valence-electron chi connectivity index (χ1n) is 19.7. The largest absolute Gasteiger partial charge is 0.379 e. The Morgan fingerprint density at radius 3 is 2.37 bits per heavy atom. The van der Waals surface area contributed by atoms with Gasteiger partial charge in [-0.1, -0.05) is 71.4 Å². The van der Waals surface area contributed by atoms with Crippen LogP contribution in [0.25, 0.3) is 0 Å². The highest BCUT2D eigenvalue weighted by atomic mass is 32.1. The zero-order valence-electron chi connectivity index (χ0n) is 33.8. The van der Waals surface area contributed by atoms with E-state index in [1.54, 1.807) is 32.4 Å². The summed E-state index contributed by atoms with van der Waals surface area (Å²) >= 11 is 1.51. The number of aromatic nitrogens is 1. The van der Waals surface area contributed by atoms with Gasteiger partial charge < -0.3 is 35.2 Å². The highest BCUT2D eigenvalue weighted by molar-refractivity contribution is 7.09. The zero-order valence-corrected chi connectivity index (χ0v) is 34.6.